The van der Waals surface area contributed by atoms with Gasteiger partial charge < -0.3 is 5.32 Å². The Morgan fingerprint density at radius 1 is 1.50 bits per heavy atom. The molecule has 1 saturated carbocycles. The second-order valence-corrected chi connectivity index (χ2v) is 5.63. The highest BCUT2D eigenvalue weighted by molar-refractivity contribution is 7.89. The summed E-state index contributed by atoms with van der Waals surface area (Å²) in [6.07, 6.45) is 3.80. The third-order valence-electron chi connectivity index (χ3n) is 2.56. The number of hydrogen-bond acceptors (Lipinski definition) is 4. The Morgan fingerprint density at radius 3 is 2.88 bits per heavy atom. The number of nitrogens with zero attached hydrogens (tertiary/aromatic N) is 1. The highest BCUT2D eigenvalue weighted by Crippen LogP contribution is 2.28. The molecule has 0 saturated heterocycles. The van der Waals surface area contributed by atoms with E-state index in [9.17, 15) is 8.42 Å². The van der Waals surface area contributed by atoms with Crippen LogP contribution in [0.4, 0.5) is 5.82 Å². The molecule has 5 nitrogen and oxygen atoms in total. The number of aromatic nitrogens is 1. The molecule has 1 aliphatic carbocycles. The summed E-state index contributed by atoms with van der Waals surface area (Å²) in [5.41, 5.74) is 0. The van der Waals surface area contributed by atoms with Crippen molar-refractivity contribution in [3.63, 3.8) is 0 Å². The van der Waals surface area contributed by atoms with Crippen LogP contribution in [0.1, 0.15) is 12.8 Å². The molecule has 1 aliphatic rings. The van der Waals surface area contributed by atoms with Crippen molar-refractivity contribution in [1.82, 2.24) is 9.71 Å². The zero-order valence-corrected chi connectivity index (χ0v) is 9.92. The summed E-state index contributed by atoms with van der Waals surface area (Å²) in [5.74, 6) is 0.898. The molecule has 88 valence electrons. The number of anilines is 1. The van der Waals surface area contributed by atoms with Crippen molar-refractivity contribution >= 4 is 15.8 Å². The van der Waals surface area contributed by atoms with Gasteiger partial charge in [0, 0.05) is 19.8 Å². The summed E-state index contributed by atoms with van der Waals surface area (Å²) >= 11 is 0. The van der Waals surface area contributed by atoms with E-state index >= 15 is 0 Å². The quantitative estimate of drug-likeness (QED) is 0.800. The van der Waals surface area contributed by atoms with Crippen LogP contribution in [0, 0.1) is 5.92 Å². The molecule has 0 unspecified atom stereocenters. The topological polar surface area (TPSA) is 71.1 Å². The highest BCUT2D eigenvalue weighted by atomic mass is 32.2. The van der Waals surface area contributed by atoms with Crippen molar-refractivity contribution in [3.05, 3.63) is 18.3 Å². The minimum absolute atomic E-state index is 0.207. The van der Waals surface area contributed by atoms with Crippen molar-refractivity contribution in [1.29, 1.82) is 0 Å². The van der Waals surface area contributed by atoms with Gasteiger partial charge in [-0.05, 0) is 30.9 Å². The van der Waals surface area contributed by atoms with Gasteiger partial charge in [0.1, 0.15) is 10.7 Å². The van der Waals surface area contributed by atoms with Crippen LogP contribution >= 0.6 is 0 Å². The zero-order valence-electron chi connectivity index (χ0n) is 9.10. The second kappa shape index (κ2) is 4.39. The van der Waals surface area contributed by atoms with Crippen molar-refractivity contribution in [2.45, 2.75) is 17.7 Å². The van der Waals surface area contributed by atoms with E-state index in [1.54, 1.807) is 25.4 Å². The average Bonchev–Trinajstić information content (AvgIpc) is 3.10. The molecular formula is C10H15N3O2S. The molecule has 0 aliphatic heterocycles. The summed E-state index contributed by atoms with van der Waals surface area (Å²) in [7, 11) is -1.78. The third kappa shape index (κ3) is 2.51. The number of pyridine rings is 1. The summed E-state index contributed by atoms with van der Waals surface area (Å²) in [5, 5.41) is 2.77. The first kappa shape index (κ1) is 11.3. The van der Waals surface area contributed by atoms with Crippen molar-refractivity contribution in [3.8, 4) is 0 Å². The molecule has 0 amide bonds. The van der Waals surface area contributed by atoms with Gasteiger partial charge in [0.2, 0.25) is 10.0 Å². The van der Waals surface area contributed by atoms with Gasteiger partial charge in [0.15, 0.2) is 0 Å². The SMILES string of the molecule is CNc1ncccc1S(=O)(=O)NCC1CC1. The van der Waals surface area contributed by atoms with Crippen LogP contribution in [0.15, 0.2) is 23.2 Å². The number of nitrogens with one attached hydrogen (secondary N) is 2. The molecule has 0 radical (unpaired) electrons. The normalized spacial score (nSPS) is 16.1. The van der Waals surface area contributed by atoms with E-state index < -0.39 is 10.0 Å². The van der Waals surface area contributed by atoms with Crippen LogP contribution in [0.25, 0.3) is 0 Å². The van der Waals surface area contributed by atoms with Crippen molar-refractivity contribution in [2.24, 2.45) is 5.92 Å². The summed E-state index contributed by atoms with van der Waals surface area (Å²) in [4.78, 5) is 4.18. The van der Waals surface area contributed by atoms with E-state index in [2.05, 4.69) is 15.0 Å². The Morgan fingerprint density at radius 2 is 2.25 bits per heavy atom. The van der Waals surface area contributed by atoms with Crippen molar-refractivity contribution in [2.75, 3.05) is 18.9 Å². The molecule has 16 heavy (non-hydrogen) atoms. The lowest BCUT2D eigenvalue weighted by Crippen LogP contribution is -2.26. The van der Waals surface area contributed by atoms with Gasteiger partial charge in [-0.15, -0.1) is 0 Å². The fourth-order valence-corrected chi connectivity index (χ4v) is 2.70. The Balaban J connectivity index is 2.19. The average molecular weight is 241 g/mol. The summed E-state index contributed by atoms with van der Waals surface area (Å²) in [6.45, 7) is 0.528. The Labute approximate surface area is 95.3 Å². The summed E-state index contributed by atoms with van der Waals surface area (Å²) in [6, 6.07) is 3.17. The molecule has 0 aromatic carbocycles. The molecule has 0 spiro atoms. The monoisotopic (exact) mass is 241 g/mol. The molecular weight excluding hydrogens is 226 g/mol. The van der Waals surface area contributed by atoms with Gasteiger partial charge in [0.25, 0.3) is 0 Å². The van der Waals surface area contributed by atoms with Crippen LogP contribution in [0.2, 0.25) is 0 Å². The molecule has 1 aromatic rings. The lowest BCUT2D eigenvalue weighted by molar-refractivity contribution is 0.577. The fourth-order valence-electron chi connectivity index (χ4n) is 1.42. The third-order valence-corrected chi connectivity index (χ3v) is 4.01. The van der Waals surface area contributed by atoms with Crippen LogP contribution in [-0.4, -0.2) is 27.0 Å². The molecule has 0 atom stereocenters. The zero-order chi connectivity index (χ0) is 11.6. The Hall–Kier alpha value is -1.14. The number of rotatable bonds is 5. The molecule has 1 heterocycles. The van der Waals surface area contributed by atoms with E-state index in [1.807, 2.05) is 0 Å². The van der Waals surface area contributed by atoms with Crippen LogP contribution in [-0.2, 0) is 10.0 Å². The van der Waals surface area contributed by atoms with E-state index in [4.69, 9.17) is 0 Å². The Bertz CT molecular complexity index is 469. The van der Waals surface area contributed by atoms with Crippen molar-refractivity contribution < 1.29 is 8.42 Å². The van der Waals surface area contributed by atoms with Gasteiger partial charge in [-0.3, -0.25) is 0 Å². The molecule has 2 N–H and O–H groups in total. The lowest BCUT2D eigenvalue weighted by atomic mass is 10.4. The van der Waals surface area contributed by atoms with Gasteiger partial charge >= 0.3 is 0 Å². The first-order chi connectivity index (χ1) is 7.63. The first-order valence-corrected chi connectivity index (χ1v) is 6.74. The van der Waals surface area contributed by atoms with Gasteiger partial charge in [0.05, 0.1) is 0 Å². The second-order valence-electron chi connectivity index (χ2n) is 3.90. The first-order valence-electron chi connectivity index (χ1n) is 5.26. The maximum Gasteiger partial charge on any atom is 0.244 e. The maximum absolute atomic E-state index is 12.0. The maximum atomic E-state index is 12.0. The standard InChI is InChI=1S/C10H15N3O2S/c1-11-10-9(3-2-6-12-10)16(14,15)13-7-8-4-5-8/h2-3,6,8,13H,4-5,7H2,1H3,(H,11,12). The minimum atomic E-state index is -3.43. The molecule has 1 fully saturated rings. The number of hydrogen-bond donors (Lipinski definition) is 2. The molecule has 0 bridgehead atoms. The lowest BCUT2D eigenvalue weighted by Gasteiger charge is -2.09. The molecule has 6 heteroatoms. The minimum Gasteiger partial charge on any atom is -0.372 e. The van der Waals surface area contributed by atoms with E-state index in [0.717, 1.165) is 12.8 Å². The van der Waals surface area contributed by atoms with E-state index in [-0.39, 0.29) is 4.90 Å². The molecule has 2 rings (SSSR count). The highest BCUT2D eigenvalue weighted by Gasteiger charge is 2.25. The van der Waals surface area contributed by atoms with Gasteiger partial charge in [-0.2, -0.15) is 0 Å². The van der Waals surface area contributed by atoms with Crippen LogP contribution in [0.5, 0.6) is 0 Å². The van der Waals surface area contributed by atoms with E-state index in [1.165, 1.54) is 0 Å². The van der Waals surface area contributed by atoms with Gasteiger partial charge in [-0.25, -0.2) is 18.1 Å². The summed E-state index contributed by atoms with van der Waals surface area (Å²) < 4.78 is 26.5. The van der Waals surface area contributed by atoms with Gasteiger partial charge in [-0.1, -0.05) is 0 Å². The molecule has 1 aromatic heterocycles. The number of sulfonamides is 1. The van der Waals surface area contributed by atoms with Crippen LogP contribution < -0.4 is 10.0 Å². The largest absolute Gasteiger partial charge is 0.372 e. The fraction of sp³-hybridized carbons (Fsp3) is 0.500. The van der Waals surface area contributed by atoms with Crippen LogP contribution in [0.3, 0.4) is 0 Å². The van der Waals surface area contributed by atoms with E-state index in [0.29, 0.717) is 18.3 Å². The smallest absolute Gasteiger partial charge is 0.244 e. The predicted molar refractivity (Wildman–Crippen MR) is 61.7 cm³/mol. The predicted octanol–water partition coefficient (Wildman–Crippen LogP) is 0.812. The Kier molecular flexibility index (Phi) is 3.11.